The van der Waals surface area contributed by atoms with E-state index in [0.717, 1.165) is 5.69 Å². The lowest BCUT2D eigenvalue weighted by Crippen LogP contribution is -1.78. The summed E-state index contributed by atoms with van der Waals surface area (Å²) in [5.74, 6) is 0. The Kier molecular flexibility index (Phi) is 24.2. The van der Waals surface area contributed by atoms with Gasteiger partial charge in [-0.3, -0.25) is 4.98 Å². The highest BCUT2D eigenvalue weighted by Crippen LogP contribution is 1.98. The van der Waals surface area contributed by atoms with Gasteiger partial charge < -0.3 is 0 Å². The molecule has 0 aliphatic carbocycles. The van der Waals surface area contributed by atoms with Gasteiger partial charge in [0.05, 0.1) is 5.69 Å². The van der Waals surface area contributed by atoms with Gasteiger partial charge in [0.15, 0.2) is 0 Å². The van der Waals surface area contributed by atoms with Gasteiger partial charge in [-0.1, -0.05) is 54.2 Å². The first-order valence-corrected chi connectivity index (χ1v) is 5.88. The van der Waals surface area contributed by atoms with Crippen LogP contribution in [0.15, 0.2) is 24.9 Å². The van der Waals surface area contributed by atoms with Crippen molar-refractivity contribution in [1.29, 1.82) is 0 Å². The zero-order chi connectivity index (χ0) is 12.7. The van der Waals surface area contributed by atoms with Gasteiger partial charge in [0.1, 0.15) is 0 Å². The third-order valence-corrected chi connectivity index (χ3v) is 1.14. The predicted molar refractivity (Wildman–Crippen MR) is 73.1 cm³/mol. The van der Waals surface area contributed by atoms with Gasteiger partial charge in [-0.15, -0.1) is 0 Å². The van der Waals surface area contributed by atoms with Crippen LogP contribution in [0, 0.1) is 6.92 Å². The second-order valence-electron chi connectivity index (χ2n) is 1.96. The molecule has 88 valence electrons. The largest absolute Gasteiger partial charge is 0.257 e. The van der Waals surface area contributed by atoms with E-state index in [-0.39, 0.29) is 0 Å². The van der Waals surface area contributed by atoms with E-state index in [0.29, 0.717) is 0 Å². The average Bonchev–Trinajstić information content (AvgIpc) is 2.38. The summed E-state index contributed by atoms with van der Waals surface area (Å²) >= 11 is 0. The van der Waals surface area contributed by atoms with E-state index in [1.807, 2.05) is 66.8 Å². The van der Waals surface area contributed by atoms with Gasteiger partial charge in [0, 0.05) is 6.20 Å². The molecule has 0 unspecified atom stereocenters. The summed E-state index contributed by atoms with van der Waals surface area (Å²) in [4.78, 5) is 4.08. The third-order valence-electron chi connectivity index (χ3n) is 1.14. The van der Waals surface area contributed by atoms with Gasteiger partial charge in [0.25, 0.3) is 0 Å². The molecule has 0 fully saturated rings. The van der Waals surface area contributed by atoms with Crippen molar-refractivity contribution in [1.82, 2.24) is 4.98 Å². The average molecular weight is 209 g/mol. The van der Waals surface area contributed by atoms with Crippen LogP contribution in [0.3, 0.4) is 0 Å². The van der Waals surface area contributed by atoms with Crippen LogP contribution >= 0.6 is 0 Å². The summed E-state index contributed by atoms with van der Waals surface area (Å²) < 4.78 is 0. The minimum Gasteiger partial charge on any atom is -0.257 e. The van der Waals surface area contributed by atoms with Crippen molar-refractivity contribution in [2.75, 3.05) is 0 Å². The normalized spacial score (nSPS) is 6.60. The Hall–Kier alpha value is -1.11. The van der Waals surface area contributed by atoms with E-state index < -0.39 is 0 Å². The Morgan fingerprint density at radius 3 is 1.73 bits per heavy atom. The smallest absolute Gasteiger partial charge is 0.0623 e. The molecule has 0 aliphatic heterocycles. The van der Waals surface area contributed by atoms with Crippen LogP contribution < -0.4 is 0 Å². The zero-order valence-corrected chi connectivity index (χ0v) is 11.5. The summed E-state index contributed by atoms with van der Waals surface area (Å²) in [6, 6.07) is 3.96. The fraction of sp³-hybridized carbons (Fsp3) is 0.500. The number of aryl methyl sites for hydroxylation is 1. The lowest BCUT2D eigenvalue weighted by atomic mass is 10.3. The van der Waals surface area contributed by atoms with E-state index in [4.69, 9.17) is 0 Å². The molecule has 0 saturated carbocycles. The van der Waals surface area contributed by atoms with Crippen molar-refractivity contribution in [2.24, 2.45) is 0 Å². The molecule has 0 aromatic carbocycles. The molecule has 0 amide bonds. The number of pyridine rings is 1. The maximum absolute atomic E-state index is 4.08. The van der Waals surface area contributed by atoms with Crippen molar-refractivity contribution < 1.29 is 0 Å². The molecule has 1 aromatic heterocycles. The number of rotatable bonds is 1. The maximum atomic E-state index is 4.08. The Morgan fingerprint density at radius 2 is 1.47 bits per heavy atom. The monoisotopic (exact) mass is 209 g/mol. The van der Waals surface area contributed by atoms with Crippen molar-refractivity contribution in [3.63, 3.8) is 0 Å². The number of hydrogen-bond acceptors (Lipinski definition) is 1. The molecule has 1 nitrogen and oxygen atoms in total. The third kappa shape index (κ3) is 12.9. The molecule has 1 rings (SSSR count). The summed E-state index contributed by atoms with van der Waals surface area (Å²) in [5, 5.41) is 0. The molecule has 0 saturated heterocycles. The van der Waals surface area contributed by atoms with E-state index in [2.05, 4.69) is 11.6 Å². The molecule has 15 heavy (non-hydrogen) atoms. The Balaban J connectivity index is -0.000000208. The molecule has 1 heterocycles. The van der Waals surface area contributed by atoms with Crippen LogP contribution in [0.4, 0.5) is 0 Å². The standard InChI is InChI=1S/C8H9N.3C2H6/c1-3-8-5-4-7(2)6-9-8;3*1-2/h3-6H,1H2,2H3;3*1-2H3. The van der Waals surface area contributed by atoms with Crippen LogP contribution in [-0.2, 0) is 0 Å². The molecular formula is C14H27N. The first kappa shape index (κ1) is 19.5. The summed E-state index contributed by atoms with van der Waals surface area (Å²) in [6.07, 6.45) is 3.57. The Labute approximate surface area is 96.3 Å². The first-order valence-electron chi connectivity index (χ1n) is 5.88. The van der Waals surface area contributed by atoms with Gasteiger partial charge in [-0.25, -0.2) is 0 Å². The van der Waals surface area contributed by atoms with Gasteiger partial charge in [-0.05, 0) is 24.6 Å². The highest BCUT2D eigenvalue weighted by atomic mass is 14.7. The van der Waals surface area contributed by atoms with Gasteiger partial charge in [-0.2, -0.15) is 0 Å². The first-order chi connectivity index (χ1) is 7.33. The number of hydrogen-bond donors (Lipinski definition) is 0. The quantitative estimate of drug-likeness (QED) is 0.626. The van der Waals surface area contributed by atoms with Gasteiger partial charge in [0.2, 0.25) is 0 Å². The molecule has 0 N–H and O–H groups in total. The van der Waals surface area contributed by atoms with E-state index >= 15 is 0 Å². The highest BCUT2D eigenvalue weighted by Gasteiger charge is 1.83. The van der Waals surface area contributed by atoms with E-state index in [1.54, 1.807) is 6.08 Å². The van der Waals surface area contributed by atoms with Crippen LogP contribution in [0.1, 0.15) is 52.8 Å². The molecule has 1 heteroatoms. The SMILES string of the molecule is C=Cc1ccc(C)cn1.CC.CC.CC. The Morgan fingerprint density at radius 1 is 1.00 bits per heavy atom. The van der Waals surface area contributed by atoms with Crippen LogP contribution in [-0.4, -0.2) is 4.98 Å². The van der Waals surface area contributed by atoms with E-state index in [9.17, 15) is 0 Å². The minimum atomic E-state index is 0.931. The molecule has 0 aliphatic rings. The highest BCUT2D eigenvalue weighted by molar-refractivity contribution is 5.41. The predicted octanol–water partition coefficient (Wildman–Crippen LogP) is 5.11. The van der Waals surface area contributed by atoms with Crippen molar-refractivity contribution >= 4 is 6.08 Å². The molecule has 0 radical (unpaired) electrons. The van der Waals surface area contributed by atoms with Crippen molar-refractivity contribution in [2.45, 2.75) is 48.5 Å². The van der Waals surface area contributed by atoms with Crippen LogP contribution in [0.5, 0.6) is 0 Å². The molecule has 1 aromatic rings. The minimum absolute atomic E-state index is 0.931. The van der Waals surface area contributed by atoms with E-state index in [1.165, 1.54) is 5.56 Å². The molecule has 0 spiro atoms. The Bertz CT molecular complexity index is 199. The van der Waals surface area contributed by atoms with Crippen molar-refractivity contribution in [3.05, 3.63) is 36.2 Å². The molecule has 0 bridgehead atoms. The fourth-order valence-corrected chi connectivity index (χ4v) is 0.600. The fourth-order valence-electron chi connectivity index (χ4n) is 0.600. The second kappa shape index (κ2) is 18.6. The second-order valence-corrected chi connectivity index (χ2v) is 1.96. The van der Waals surface area contributed by atoms with Gasteiger partial charge >= 0.3 is 0 Å². The van der Waals surface area contributed by atoms with Crippen LogP contribution in [0.2, 0.25) is 0 Å². The zero-order valence-electron chi connectivity index (χ0n) is 11.5. The van der Waals surface area contributed by atoms with Crippen LogP contribution in [0.25, 0.3) is 6.08 Å². The lowest BCUT2D eigenvalue weighted by Gasteiger charge is -1.90. The lowest BCUT2D eigenvalue weighted by molar-refractivity contribution is 1.25. The topological polar surface area (TPSA) is 12.9 Å². The maximum Gasteiger partial charge on any atom is 0.0623 e. The summed E-state index contributed by atoms with van der Waals surface area (Å²) in [7, 11) is 0. The van der Waals surface area contributed by atoms with Crippen molar-refractivity contribution in [3.8, 4) is 0 Å². The number of nitrogens with zero attached hydrogens (tertiary/aromatic N) is 1. The summed E-state index contributed by atoms with van der Waals surface area (Å²) in [5.41, 5.74) is 2.11. The molecule has 0 atom stereocenters. The summed E-state index contributed by atoms with van der Waals surface area (Å²) in [6.45, 7) is 17.6. The number of aromatic nitrogens is 1. The molecular weight excluding hydrogens is 182 g/mol.